The molecule has 0 aromatic heterocycles. The lowest BCUT2D eigenvalue weighted by Gasteiger charge is -2.46. The molecule has 2 aliphatic heterocycles. The van der Waals surface area contributed by atoms with E-state index in [0.717, 1.165) is 65.9 Å². The van der Waals surface area contributed by atoms with Gasteiger partial charge in [-0.2, -0.15) is 0 Å². The van der Waals surface area contributed by atoms with Crippen LogP contribution in [0.25, 0.3) is 0 Å². The van der Waals surface area contributed by atoms with E-state index in [1.807, 2.05) is 36.4 Å². The molecule has 0 amide bonds. The first-order valence-corrected chi connectivity index (χ1v) is 23.1. The van der Waals surface area contributed by atoms with Gasteiger partial charge in [-0.25, -0.2) is 9.59 Å². The summed E-state index contributed by atoms with van der Waals surface area (Å²) in [5, 5.41) is 0. The number of methoxy groups -OCH3 is 10. The molecule has 374 valence electrons. The largest absolute Gasteiger partial charge is 0.493 e. The molecule has 0 aliphatic carbocycles. The Hall–Kier alpha value is -6.52. The van der Waals surface area contributed by atoms with Crippen molar-refractivity contribution in [3.63, 3.8) is 0 Å². The number of nitrogens with zero attached hydrogens (tertiary/aromatic N) is 2. The molecule has 16 nitrogen and oxygen atoms in total. The summed E-state index contributed by atoms with van der Waals surface area (Å²) >= 11 is 0. The van der Waals surface area contributed by atoms with Crippen LogP contribution < -0.4 is 47.4 Å². The van der Waals surface area contributed by atoms with Crippen LogP contribution in [-0.4, -0.2) is 145 Å². The van der Waals surface area contributed by atoms with Crippen LogP contribution in [0.2, 0.25) is 0 Å². The van der Waals surface area contributed by atoms with E-state index >= 15 is 0 Å². The molecule has 0 saturated heterocycles. The maximum Gasteiger partial charge on any atom is 0.331 e. The normalized spacial score (nSPS) is 19.4. The second kappa shape index (κ2) is 23.2. The molecule has 0 spiro atoms. The van der Waals surface area contributed by atoms with E-state index in [2.05, 4.69) is 26.2 Å². The molecule has 0 bridgehead atoms. The van der Waals surface area contributed by atoms with Gasteiger partial charge in [0.15, 0.2) is 46.0 Å². The van der Waals surface area contributed by atoms with E-state index in [9.17, 15) is 9.59 Å². The third-order valence-electron chi connectivity index (χ3n) is 13.7. The van der Waals surface area contributed by atoms with Crippen molar-refractivity contribution in [2.75, 3.05) is 125 Å². The van der Waals surface area contributed by atoms with Gasteiger partial charge in [0.2, 0.25) is 11.5 Å². The highest BCUT2D eigenvalue weighted by Crippen LogP contribution is 2.52. The van der Waals surface area contributed by atoms with Gasteiger partial charge in [0, 0.05) is 55.4 Å². The van der Waals surface area contributed by atoms with Crippen molar-refractivity contribution in [2.45, 2.75) is 44.2 Å². The van der Waals surface area contributed by atoms with E-state index in [4.69, 9.17) is 56.8 Å². The van der Waals surface area contributed by atoms with Gasteiger partial charge in [-0.15, -0.1) is 0 Å². The fourth-order valence-electron chi connectivity index (χ4n) is 10.2. The molecule has 0 fully saturated rings. The van der Waals surface area contributed by atoms with Crippen LogP contribution in [0.3, 0.4) is 0 Å². The first-order chi connectivity index (χ1) is 33.3. The quantitative estimate of drug-likeness (QED) is 0.0318. The number of hydrogen-bond donors (Lipinski definition) is 0. The van der Waals surface area contributed by atoms with Crippen molar-refractivity contribution in [2.24, 2.45) is 0 Å². The Morgan fingerprint density at radius 1 is 0.522 bits per heavy atom. The minimum atomic E-state index is -0.625. The third-order valence-corrected chi connectivity index (χ3v) is 13.7. The van der Waals surface area contributed by atoms with Crippen LogP contribution in [0.5, 0.6) is 57.5 Å². The maximum atomic E-state index is 12.9. The fourth-order valence-corrected chi connectivity index (χ4v) is 10.2. The molecule has 0 N–H and O–H groups in total. The minimum Gasteiger partial charge on any atom is -0.493 e. The topological polar surface area (TPSA) is 145 Å². The zero-order chi connectivity index (χ0) is 49.9. The van der Waals surface area contributed by atoms with Gasteiger partial charge >= 0.3 is 11.9 Å². The number of esters is 2. The second-order valence-corrected chi connectivity index (χ2v) is 17.6. The highest BCUT2D eigenvalue weighted by molar-refractivity contribution is 5.91. The molecule has 6 rings (SSSR count). The maximum absolute atomic E-state index is 12.9. The number of carbonyl (C=O) groups excluding carboxylic acids is 2. The van der Waals surface area contributed by atoms with Gasteiger partial charge in [0.25, 0.3) is 0 Å². The smallest absolute Gasteiger partial charge is 0.331 e. The van der Waals surface area contributed by atoms with Gasteiger partial charge in [0.1, 0.15) is 12.1 Å². The molecule has 16 heteroatoms. The van der Waals surface area contributed by atoms with Crippen molar-refractivity contribution >= 4 is 11.9 Å². The van der Waals surface area contributed by atoms with Crippen molar-refractivity contribution in [3.8, 4) is 57.5 Å². The Balaban J connectivity index is 1.08. The molecule has 4 unspecified atom stereocenters. The second-order valence-electron chi connectivity index (χ2n) is 17.6. The first-order valence-electron chi connectivity index (χ1n) is 23.1. The summed E-state index contributed by atoms with van der Waals surface area (Å²) < 4.78 is 69.8. The molecular weight excluding hydrogens is 889 g/mol. The van der Waals surface area contributed by atoms with Crippen molar-refractivity contribution in [3.05, 3.63) is 94.1 Å². The summed E-state index contributed by atoms with van der Waals surface area (Å²) in [4.78, 5) is 25.8. The predicted octanol–water partition coefficient (Wildman–Crippen LogP) is 7.27. The predicted molar refractivity (Wildman–Crippen MR) is 259 cm³/mol. The Kier molecular flexibility index (Phi) is 17.4. The molecule has 69 heavy (non-hydrogen) atoms. The summed E-state index contributed by atoms with van der Waals surface area (Å²) in [6, 6.07) is 15.9. The number of likely N-dealkylation sites (N-methyl/N-ethyl adjacent to an activating group) is 2. The lowest BCUT2D eigenvalue weighted by molar-refractivity contribution is -0.941. The molecule has 4 aromatic carbocycles. The summed E-state index contributed by atoms with van der Waals surface area (Å²) in [5.41, 5.74) is 6.44. The highest BCUT2D eigenvalue weighted by atomic mass is 16.6. The van der Waals surface area contributed by atoms with Crippen LogP contribution in [0.15, 0.2) is 60.7 Å². The SMILES string of the molecule is COc1ccc(C2c3c(cc(OC)c(OC)c3OC)CC[N+]2(C)CCCOC(=O)C=CC(=O)OCCC[N+]2(C)CCc3cc(OC)c(OC)cc3C2Cc2cc(OC)c(OC)c(OC)c2)cc1OC. The van der Waals surface area contributed by atoms with E-state index in [-0.39, 0.29) is 25.3 Å². The van der Waals surface area contributed by atoms with E-state index < -0.39 is 11.9 Å². The fraction of sp³-hybridized carbons (Fsp3) is 0.472. The molecule has 4 aromatic rings. The van der Waals surface area contributed by atoms with E-state index in [1.165, 1.54) is 5.56 Å². The number of rotatable bonds is 23. The lowest BCUT2D eigenvalue weighted by Crippen LogP contribution is -2.52. The third kappa shape index (κ3) is 11.2. The number of fused-ring (bicyclic) bond motifs is 2. The number of benzene rings is 4. The van der Waals surface area contributed by atoms with Crippen molar-refractivity contribution < 1.29 is 75.4 Å². The van der Waals surface area contributed by atoms with Gasteiger partial charge in [-0.3, -0.25) is 0 Å². The van der Waals surface area contributed by atoms with Crippen LogP contribution in [0, 0.1) is 0 Å². The zero-order valence-electron chi connectivity index (χ0n) is 42.3. The Morgan fingerprint density at radius 2 is 1.00 bits per heavy atom. The lowest BCUT2D eigenvalue weighted by atomic mass is 9.84. The van der Waals surface area contributed by atoms with Crippen LogP contribution in [0.4, 0.5) is 0 Å². The Labute approximate surface area is 406 Å². The summed E-state index contributed by atoms with van der Waals surface area (Å²) in [6.07, 6.45) is 5.63. The van der Waals surface area contributed by atoms with Crippen LogP contribution >= 0.6 is 0 Å². The van der Waals surface area contributed by atoms with Gasteiger partial charge < -0.3 is 65.8 Å². The van der Waals surface area contributed by atoms with Crippen molar-refractivity contribution in [1.29, 1.82) is 0 Å². The summed E-state index contributed by atoms with van der Waals surface area (Å²) in [5.74, 6) is 4.74. The number of carbonyl (C=O) groups is 2. The van der Waals surface area contributed by atoms with Gasteiger partial charge in [-0.05, 0) is 65.2 Å². The molecule has 0 radical (unpaired) electrons. The van der Waals surface area contributed by atoms with E-state index in [1.54, 1.807) is 71.1 Å². The summed E-state index contributed by atoms with van der Waals surface area (Å²) in [7, 11) is 20.6. The van der Waals surface area contributed by atoms with Crippen LogP contribution in [0.1, 0.15) is 58.3 Å². The zero-order valence-corrected chi connectivity index (χ0v) is 42.3. The van der Waals surface area contributed by atoms with Crippen LogP contribution in [-0.2, 0) is 38.3 Å². The highest BCUT2D eigenvalue weighted by Gasteiger charge is 2.44. The number of quaternary nitrogens is 2. The van der Waals surface area contributed by atoms with E-state index in [0.29, 0.717) is 98.8 Å². The van der Waals surface area contributed by atoms with Crippen molar-refractivity contribution in [1.82, 2.24) is 0 Å². The Bertz CT molecular complexity index is 2450. The van der Waals surface area contributed by atoms with Gasteiger partial charge in [0.05, 0.1) is 130 Å². The van der Waals surface area contributed by atoms with Gasteiger partial charge in [-0.1, -0.05) is 0 Å². The average Bonchev–Trinajstić information content (AvgIpc) is 3.37. The molecule has 2 aliphatic rings. The standard InChI is InChI=1S/C53H70N2O14/c1-54(23-19-35-30-42(60-5)43(61-6)33-38(35)39(54)27-34-28-44(62-7)51(65-10)45(29-34)63-8)21-13-25-68-47(56)17-18-48(57)69-26-14-22-55(2)24-20-36-31-46(64-9)52(66-11)53(67-12)49(36)50(55)37-15-16-40(58-3)41(32-37)59-4/h15-18,28-33,39,50H,13-14,19-27H2,1-12H3/q+2. The number of ether oxygens (including phenoxy) is 12. The first kappa shape index (κ1) is 51.9. The molecule has 0 saturated carbocycles. The Morgan fingerprint density at radius 3 is 1.55 bits per heavy atom. The minimum absolute atomic E-state index is 0.00402. The number of hydrogen-bond acceptors (Lipinski definition) is 14. The molecule has 2 heterocycles. The average molecular weight is 959 g/mol. The summed E-state index contributed by atoms with van der Waals surface area (Å²) in [6.45, 7) is 3.32. The molecular formula is C53H70N2O14+2. The monoisotopic (exact) mass is 958 g/mol. The molecule has 4 atom stereocenters.